The van der Waals surface area contributed by atoms with Gasteiger partial charge in [-0.15, -0.1) is 0 Å². The van der Waals surface area contributed by atoms with E-state index in [0.29, 0.717) is 17.8 Å². The van der Waals surface area contributed by atoms with Gasteiger partial charge in [-0.1, -0.05) is 51.9 Å². The number of amides is 2. The molecule has 2 fully saturated rings. The molecule has 2 amide bonds. The lowest BCUT2D eigenvalue weighted by Gasteiger charge is -2.35. The van der Waals surface area contributed by atoms with Crippen LogP contribution in [0.5, 0.6) is 0 Å². The first kappa shape index (κ1) is 20.3. The Balaban J connectivity index is 2.10. The summed E-state index contributed by atoms with van der Waals surface area (Å²) in [6.07, 6.45) is 10.3. The van der Waals surface area contributed by atoms with Crippen molar-refractivity contribution in [1.82, 2.24) is 5.32 Å². The maximum absolute atomic E-state index is 13.0. The van der Waals surface area contributed by atoms with E-state index < -0.39 is 0 Å². The van der Waals surface area contributed by atoms with Crippen molar-refractivity contribution < 1.29 is 9.59 Å². The van der Waals surface area contributed by atoms with E-state index in [9.17, 15) is 9.59 Å². The molecular weight excluding hydrogens is 312 g/mol. The van der Waals surface area contributed by atoms with Gasteiger partial charge >= 0.3 is 0 Å². The number of carbonyl (C=O) groups excluding carboxylic acids is 2. The third-order valence-electron chi connectivity index (χ3n) is 6.33. The van der Waals surface area contributed by atoms with Gasteiger partial charge in [0.1, 0.15) is 0 Å². The summed E-state index contributed by atoms with van der Waals surface area (Å²) in [4.78, 5) is 25.3. The van der Waals surface area contributed by atoms with Gasteiger partial charge < -0.3 is 11.1 Å². The molecule has 0 bridgehead atoms. The van der Waals surface area contributed by atoms with E-state index in [0.717, 1.165) is 12.8 Å². The highest BCUT2D eigenvalue weighted by Gasteiger charge is 2.38. The number of nitrogens with two attached hydrogens (primary N) is 1. The summed E-state index contributed by atoms with van der Waals surface area (Å²) in [5.41, 5.74) is 5.52. The lowest BCUT2D eigenvalue weighted by Crippen LogP contribution is -2.48. The Kier molecular flexibility index (Phi) is 6.93. The topological polar surface area (TPSA) is 72.2 Å². The molecule has 0 heterocycles. The predicted molar refractivity (Wildman–Crippen MR) is 102 cm³/mol. The van der Waals surface area contributed by atoms with Gasteiger partial charge in [0.2, 0.25) is 11.8 Å². The molecule has 2 aliphatic rings. The highest BCUT2D eigenvalue weighted by atomic mass is 16.2. The first-order chi connectivity index (χ1) is 11.7. The van der Waals surface area contributed by atoms with Crippen molar-refractivity contribution >= 4 is 11.8 Å². The van der Waals surface area contributed by atoms with Crippen molar-refractivity contribution in [2.75, 3.05) is 0 Å². The number of rotatable bonds is 8. The monoisotopic (exact) mass is 350 g/mol. The van der Waals surface area contributed by atoms with Gasteiger partial charge in [-0.2, -0.15) is 0 Å². The minimum absolute atomic E-state index is 0.0156. The maximum atomic E-state index is 13.0. The third-order valence-corrected chi connectivity index (χ3v) is 6.33. The van der Waals surface area contributed by atoms with Gasteiger partial charge in [-0.25, -0.2) is 0 Å². The lowest BCUT2D eigenvalue weighted by molar-refractivity contribution is -0.136. The van der Waals surface area contributed by atoms with Crippen molar-refractivity contribution in [2.45, 2.75) is 91.0 Å². The molecule has 4 heteroatoms. The van der Waals surface area contributed by atoms with Gasteiger partial charge in [0.15, 0.2) is 0 Å². The Morgan fingerprint density at radius 1 is 1.04 bits per heavy atom. The maximum Gasteiger partial charge on any atom is 0.224 e. The Hall–Kier alpha value is -1.06. The summed E-state index contributed by atoms with van der Waals surface area (Å²) < 4.78 is 0. The second-order valence-electron chi connectivity index (χ2n) is 9.64. The van der Waals surface area contributed by atoms with E-state index in [1.807, 2.05) is 20.8 Å². The zero-order chi connectivity index (χ0) is 18.6. The van der Waals surface area contributed by atoms with Crippen molar-refractivity contribution in [2.24, 2.45) is 35.3 Å². The predicted octanol–water partition coefficient (Wildman–Crippen LogP) is 4.03. The molecule has 0 spiro atoms. The highest BCUT2D eigenvalue weighted by molar-refractivity contribution is 5.87. The fourth-order valence-corrected chi connectivity index (χ4v) is 4.60. The minimum atomic E-state index is -0.335. The van der Waals surface area contributed by atoms with Crippen LogP contribution in [0.2, 0.25) is 0 Å². The molecule has 0 aromatic carbocycles. The van der Waals surface area contributed by atoms with Gasteiger partial charge in [0.05, 0.1) is 0 Å². The molecule has 2 saturated carbocycles. The van der Waals surface area contributed by atoms with Crippen LogP contribution in [0.4, 0.5) is 0 Å². The molecule has 0 aromatic rings. The number of hydrogen-bond acceptors (Lipinski definition) is 2. The molecule has 2 rings (SSSR count). The average molecular weight is 351 g/mol. The molecule has 0 radical (unpaired) electrons. The molecule has 0 saturated heterocycles. The first-order valence-corrected chi connectivity index (χ1v) is 10.3. The molecule has 144 valence electrons. The van der Waals surface area contributed by atoms with Gasteiger partial charge in [0, 0.05) is 17.4 Å². The molecule has 0 aliphatic heterocycles. The van der Waals surface area contributed by atoms with Crippen LogP contribution in [0.3, 0.4) is 0 Å². The molecule has 2 unspecified atom stereocenters. The Morgan fingerprint density at radius 2 is 1.64 bits per heavy atom. The summed E-state index contributed by atoms with van der Waals surface area (Å²) in [7, 11) is 0. The zero-order valence-corrected chi connectivity index (χ0v) is 16.6. The van der Waals surface area contributed by atoms with Crippen molar-refractivity contribution in [1.29, 1.82) is 0 Å². The van der Waals surface area contributed by atoms with E-state index in [1.54, 1.807) is 0 Å². The number of carbonyl (C=O) groups is 2. The second kappa shape index (κ2) is 8.55. The molecule has 2 aliphatic carbocycles. The average Bonchev–Trinajstić information content (AvgIpc) is 2.96. The number of primary amides is 1. The van der Waals surface area contributed by atoms with E-state index in [2.05, 4.69) is 12.2 Å². The van der Waals surface area contributed by atoms with E-state index in [4.69, 9.17) is 5.73 Å². The summed E-state index contributed by atoms with van der Waals surface area (Å²) in [6, 6.07) is 0. The SMILES string of the molecule is CC(C[C@H](C(N)=O)C(CC1CCC1)C(=O)NC(C)(C)C)C1CCCC1. The van der Waals surface area contributed by atoms with Crippen molar-refractivity contribution in [3.8, 4) is 0 Å². The largest absolute Gasteiger partial charge is 0.369 e. The van der Waals surface area contributed by atoms with Crippen LogP contribution in [0.15, 0.2) is 0 Å². The van der Waals surface area contributed by atoms with Crippen molar-refractivity contribution in [3.63, 3.8) is 0 Å². The fraction of sp³-hybridized carbons (Fsp3) is 0.905. The quantitative estimate of drug-likeness (QED) is 0.694. The summed E-state index contributed by atoms with van der Waals surface area (Å²) >= 11 is 0. The normalized spacial score (nSPS) is 22.9. The van der Waals surface area contributed by atoms with E-state index >= 15 is 0 Å². The van der Waals surface area contributed by atoms with E-state index in [-0.39, 0.29) is 29.2 Å². The summed E-state index contributed by atoms with van der Waals surface area (Å²) in [6.45, 7) is 8.22. The van der Waals surface area contributed by atoms with Crippen LogP contribution in [0, 0.1) is 29.6 Å². The lowest BCUT2D eigenvalue weighted by atomic mass is 9.71. The van der Waals surface area contributed by atoms with Crippen LogP contribution >= 0.6 is 0 Å². The minimum Gasteiger partial charge on any atom is -0.369 e. The molecule has 25 heavy (non-hydrogen) atoms. The van der Waals surface area contributed by atoms with Gasteiger partial charge in [-0.3, -0.25) is 9.59 Å². The zero-order valence-electron chi connectivity index (χ0n) is 16.6. The third kappa shape index (κ3) is 6.00. The Labute approximate surface area is 153 Å². The molecular formula is C21H38N2O2. The van der Waals surface area contributed by atoms with Gasteiger partial charge in [0.25, 0.3) is 0 Å². The van der Waals surface area contributed by atoms with Crippen LogP contribution in [0.25, 0.3) is 0 Å². The van der Waals surface area contributed by atoms with Gasteiger partial charge in [-0.05, 0) is 51.4 Å². The Morgan fingerprint density at radius 3 is 2.08 bits per heavy atom. The molecule has 0 aromatic heterocycles. The van der Waals surface area contributed by atoms with Crippen molar-refractivity contribution in [3.05, 3.63) is 0 Å². The smallest absolute Gasteiger partial charge is 0.224 e. The second-order valence-corrected chi connectivity index (χ2v) is 9.64. The Bertz CT molecular complexity index is 459. The van der Waals surface area contributed by atoms with Crippen LogP contribution in [0.1, 0.15) is 85.5 Å². The van der Waals surface area contributed by atoms with Crippen LogP contribution in [-0.2, 0) is 9.59 Å². The first-order valence-electron chi connectivity index (χ1n) is 10.3. The number of hydrogen-bond donors (Lipinski definition) is 2. The number of nitrogens with one attached hydrogen (secondary N) is 1. The highest BCUT2D eigenvalue weighted by Crippen LogP contribution is 2.39. The van der Waals surface area contributed by atoms with E-state index in [1.165, 1.54) is 44.9 Å². The standard InChI is InChI=1S/C21H38N2O2/c1-14(16-10-5-6-11-16)12-17(19(22)24)18(13-15-8-7-9-15)20(25)23-21(2,3)4/h14-18H,5-13H2,1-4H3,(H2,22,24)(H,23,25)/t14?,17-,18?/m0/s1. The summed E-state index contributed by atoms with van der Waals surface area (Å²) in [5.74, 6) is 0.854. The van der Waals surface area contributed by atoms with Crippen LogP contribution < -0.4 is 11.1 Å². The van der Waals surface area contributed by atoms with Crippen LogP contribution in [-0.4, -0.2) is 17.4 Å². The summed E-state index contributed by atoms with van der Waals surface area (Å²) in [5, 5.41) is 3.10. The molecule has 3 N–H and O–H groups in total. The molecule has 3 atom stereocenters. The fourth-order valence-electron chi connectivity index (χ4n) is 4.60. The molecule has 4 nitrogen and oxygen atoms in total.